The Labute approximate surface area is 127 Å². The molecule has 0 fully saturated rings. The Morgan fingerprint density at radius 2 is 2.00 bits per heavy atom. The summed E-state index contributed by atoms with van der Waals surface area (Å²) in [6.07, 6.45) is 9.58. The first kappa shape index (κ1) is 12.2. The quantitative estimate of drug-likeness (QED) is 0.770. The average molecular weight is 327 g/mol. The minimum Gasteiger partial charge on any atom is -0.378 e. The van der Waals surface area contributed by atoms with Crippen LogP contribution in [0.2, 0.25) is 0 Å². The normalized spacial score (nSPS) is 26.8. The smallest absolute Gasteiger partial charge is 0.0555 e. The highest BCUT2D eigenvalue weighted by Gasteiger charge is 2.37. The van der Waals surface area contributed by atoms with Gasteiger partial charge in [-0.05, 0) is 53.8 Å². The van der Waals surface area contributed by atoms with E-state index in [2.05, 4.69) is 68.7 Å². The Balaban J connectivity index is 1.80. The van der Waals surface area contributed by atoms with Crippen molar-refractivity contribution in [1.29, 1.82) is 0 Å². The van der Waals surface area contributed by atoms with Crippen LogP contribution >= 0.6 is 15.9 Å². The molecule has 1 aromatic heterocycles. The van der Waals surface area contributed by atoms with Crippen LogP contribution in [0, 0.1) is 5.92 Å². The molecular weight excluding hydrogens is 312 g/mol. The van der Waals surface area contributed by atoms with Crippen molar-refractivity contribution in [1.82, 2.24) is 4.98 Å². The zero-order valence-corrected chi connectivity index (χ0v) is 12.5. The highest BCUT2D eigenvalue weighted by Crippen LogP contribution is 2.50. The second-order valence-corrected chi connectivity index (χ2v) is 6.40. The van der Waals surface area contributed by atoms with E-state index in [9.17, 15) is 0 Å². The molecule has 1 aliphatic carbocycles. The molecule has 2 heterocycles. The largest absolute Gasteiger partial charge is 0.378 e. The molecule has 4 rings (SSSR count). The van der Waals surface area contributed by atoms with Gasteiger partial charge >= 0.3 is 0 Å². The molecule has 3 heteroatoms. The van der Waals surface area contributed by atoms with Crippen molar-refractivity contribution in [3.63, 3.8) is 0 Å². The van der Waals surface area contributed by atoms with Crippen molar-refractivity contribution in [2.24, 2.45) is 5.92 Å². The number of anilines is 1. The van der Waals surface area contributed by atoms with E-state index in [4.69, 9.17) is 0 Å². The number of fused-ring (bicyclic) bond motifs is 3. The highest BCUT2D eigenvalue weighted by molar-refractivity contribution is 9.10. The summed E-state index contributed by atoms with van der Waals surface area (Å²) in [5.41, 5.74) is 3.98. The van der Waals surface area contributed by atoms with E-state index < -0.39 is 0 Å². The number of pyridine rings is 1. The lowest BCUT2D eigenvalue weighted by Crippen LogP contribution is -2.29. The van der Waals surface area contributed by atoms with Gasteiger partial charge in [0.1, 0.15) is 0 Å². The van der Waals surface area contributed by atoms with Crippen LogP contribution in [0.5, 0.6) is 0 Å². The second kappa shape index (κ2) is 4.74. The van der Waals surface area contributed by atoms with Gasteiger partial charge < -0.3 is 5.32 Å². The summed E-state index contributed by atoms with van der Waals surface area (Å²) in [5.74, 6) is 1.11. The van der Waals surface area contributed by atoms with Crippen molar-refractivity contribution in [3.05, 3.63) is 70.5 Å². The fraction of sp³-hybridized carbons (Fsp3) is 0.235. The lowest BCUT2D eigenvalue weighted by molar-refractivity contribution is 0.425. The maximum atomic E-state index is 4.13. The van der Waals surface area contributed by atoms with Crippen molar-refractivity contribution < 1.29 is 0 Å². The monoisotopic (exact) mass is 326 g/mol. The maximum absolute atomic E-state index is 4.13. The van der Waals surface area contributed by atoms with E-state index in [0.29, 0.717) is 17.9 Å². The van der Waals surface area contributed by atoms with E-state index in [1.165, 1.54) is 16.8 Å². The Bertz CT molecular complexity index is 666. The summed E-state index contributed by atoms with van der Waals surface area (Å²) >= 11 is 3.59. The molecule has 1 aliphatic heterocycles. The van der Waals surface area contributed by atoms with E-state index in [1.54, 1.807) is 0 Å². The number of rotatable bonds is 1. The minimum atomic E-state index is 0.367. The van der Waals surface area contributed by atoms with Crippen LogP contribution in [-0.4, -0.2) is 4.98 Å². The van der Waals surface area contributed by atoms with Crippen LogP contribution in [0.1, 0.15) is 29.5 Å². The van der Waals surface area contributed by atoms with E-state index in [0.717, 1.165) is 10.9 Å². The van der Waals surface area contributed by atoms with Crippen molar-refractivity contribution in [2.45, 2.75) is 18.4 Å². The molecule has 0 saturated heterocycles. The van der Waals surface area contributed by atoms with Gasteiger partial charge in [0, 0.05) is 28.5 Å². The Kier molecular flexibility index (Phi) is 2.88. The van der Waals surface area contributed by atoms with Gasteiger partial charge in [0.05, 0.1) is 6.04 Å². The zero-order valence-electron chi connectivity index (χ0n) is 11.0. The Morgan fingerprint density at radius 1 is 1.15 bits per heavy atom. The third kappa shape index (κ3) is 1.88. The fourth-order valence-electron chi connectivity index (χ4n) is 3.47. The van der Waals surface area contributed by atoms with Crippen molar-refractivity contribution in [2.75, 3.05) is 5.32 Å². The number of hydrogen-bond donors (Lipinski definition) is 1. The lowest BCUT2D eigenvalue weighted by Gasteiger charge is -2.37. The van der Waals surface area contributed by atoms with Crippen LogP contribution in [0.25, 0.3) is 0 Å². The third-order valence-corrected chi connectivity index (χ3v) is 4.88. The van der Waals surface area contributed by atoms with Crippen molar-refractivity contribution in [3.8, 4) is 0 Å². The molecule has 0 radical (unpaired) electrons. The van der Waals surface area contributed by atoms with E-state index >= 15 is 0 Å². The molecule has 100 valence electrons. The molecule has 3 atom stereocenters. The third-order valence-electron chi connectivity index (χ3n) is 4.39. The first-order valence-electron chi connectivity index (χ1n) is 6.95. The molecule has 2 nitrogen and oxygen atoms in total. The van der Waals surface area contributed by atoms with E-state index in [1.807, 2.05) is 12.4 Å². The van der Waals surface area contributed by atoms with Gasteiger partial charge in [0.2, 0.25) is 0 Å². The number of allylic oxidation sites excluding steroid dienone is 2. The topological polar surface area (TPSA) is 24.9 Å². The Hall–Kier alpha value is -1.61. The molecular formula is C17H15BrN2. The van der Waals surface area contributed by atoms with Crippen LogP contribution in [0.15, 0.2) is 59.4 Å². The number of hydrogen-bond acceptors (Lipinski definition) is 2. The number of nitrogens with zero attached hydrogens (tertiary/aromatic N) is 1. The molecule has 0 spiro atoms. The maximum Gasteiger partial charge on any atom is 0.0555 e. The Morgan fingerprint density at radius 3 is 2.85 bits per heavy atom. The van der Waals surface area contributed by atoms with Crippen LogP contribution in [-0.2, 0) is 0 Å². The number of nitrogens with one attached hydrogen (secondary N) is 1. The summed E-state index contributed by atoms with van der Waals surface area (Å²) in [4.78, 5) is 4.13. The molecule has 0 bridgehead atoms. The number of aromatic nitrogens is 1. The highest BCUT2D eigenvalue weighted by atomic mass is 79.9. The fourth-order valence-corrected chi connectivity index (χ4v) is 3.84. The molecule has 0 saturated carbocycles. The summed E-state index contributed by atoms with van der Waals surface area (Å²) in [6, 6.07) is 11.1. The molecule has 0 unspecified atom stereocenters. The first-order chi connectivity index (χ1) is 9.83. The van der Waals surface area contributed by atoms with Gasteiger partial charge in [0.25, 0.3) is 0 Å². The summed E-state index contributed by atoms with van der Waals surface area (Å²) < 4.78 is 1.15. The van der Waals surface area contributed by atoms with Crippen LogP contribution < -0.4 is 5.32 Å². The van der Waals surface area contributed by atoms with Gasteiger partial charge in [-0.3, -0.25) is 4.98 Å². The van der Waals surface area contributed by atoms with Gasteiger partial charge in [-0.1, -0.05) is 28.1 Å². The van der Waals surface area contributed by atoms with Crippen LogP contribution in [0.4, 0.5) is 5.69 Å². The first-order valence-corrected chi connectivity index (χ1v) is 7.75. The molecule has 1 N–H and O–H groups in total. The molecule has 1 aromatic carbocycles. The van der Waals surface area contributed by atoms with Gasteiger partial charge in [-0.15, -0.1) is 0 Å². The van der Waals surface area contributed by atoms with Crippen molar-refractivity contribution >= 4 is 21.6 Å². The molecule has 2 aliphatic rings. The minimum absolute atomic E-state index is 0.367. The second-order valence-electron chi connectivity index (χ2n) is 5.49. The predicted octanol–water partition coefficient (Wildman–Crippen LogP) is 4.67. The van der Waals surface area contributed by atoms with Gasteiger partial charge in [-0.2, -0.15) is 0 Å². The predicted molar refractivity (Wildman–Crippen MR) is 84.7 cm³/mol. The summed E-state index contributed by atoms with van der Waals surface area (Å²) in [7, 11) is 0. The zero-order chi connectivity index (χ0) is 13.5. The van der Waals surface area contributed by atoms with E-state index in [-0.39, 0.29) is 0 Å². The molecule has 2 aromatic rings. The molecule has 20 heavy (non-hydrogen) atoms. The standard InChI is InChI=1S/C17H15BrN2/c18-12-4-5-16-15(10-12)13-2-1-3-14(13)17(20-16)11-6-8-19-9-7-11/h1-2,4-10,13-14,17,20H,3H2/t13-,14+,17+/m0/s1. The lowest BCUT2D eigenvalue weighted by atomic mass is 9.77. The average Bonchev–Trinajstić information content (AvgIpc) is 2.97. The van der Waals surface area contributed by atoms with Gasteiger partial charge in [-0.25, -0.2) is 0 Å². The number of benzene rings is 1. The van der Waals surface area contributed by atoms with Gasteiger partial charge in [0.15, 0.2) is 0 Å². The SMILES string of the molecule is Brc1ccc2c(c1)[C@H]1C=CC[C@H]1[C@@H](c1ccncc1)N2. The van der Waals surface area contributed by atoms with Crippen LogP contribution in [0.3, 0.4) is 0 Å². The summed E-state index contributed by atoms with van der Waals surface area (Å²) in [5, 5.41) is 3.72. The number of halogens is 1. The summed E-state index contributed by atoms with van der Waals surface area (Å²) in [6.45, 7) is 0. The molecule has 0 amide bonds.